The summed E-state index contributed by atoms with van der Waals surface area (Å²) in [5.74, 6) is 1.04. The van der Waals surface area contributed by atoms with Gasteiger partial charge in [-0.2, -0.15) is 0 Å². The SMILES string of the molecule is COn1c(O)cc2cc(CC3CC3)ccc21. The van der Waals surface area contributed by atoms with Gasteiger partial charge in [0.25, 0.3) is 0 Å². The lowest BCUT2D eigenvalue weighted by Crippen LogP contribution is -2.03. The van der Waals surface area contributed by atoms with E-state index in [0.29, 0.717) is 0 Å². The average Bonchev–Trinajstić information content (AvgIpc) is 3.00. The van der Waals surface area contributed by atoms with Gasteiger partial charge >= 0.3 is 0 Å². The number of aromatic nitrogens is 1. The maximum Gasteiger partial charge on any atom is 0.226 e. The fraction of sp³-hybridized carbons (Fsp3) is 0.385. The summed E-state index contributed by atoms with van der Waals surface area (Å²) in [5, 5.41) is 10.7. The van der Waals surface area contributed by atoms with Crippen LogP contribution in [0.5, 0.6) is 5.88 Å². The standard InChI is InChI=1S/C13H15NO2/c1-16-14-12-5-4-10(6-9-2-3-9)7-11(12)8-13(14)15/h4-5,7-9,15H,2-3,6H2,1H3. The monoisotopic (exact) mass is 217 g/mol. The highest BCUT2D eigenvalue weighted by molar-refractivity contribution is 5.82. The minimum absolute atomic E-state index is 0.154. The Hall–Kier alpha value is -1.64. The molecule has 2 aromatic rings. The van der Waals surface area contributed by atoms with E-state index in [-0.39, 0.29) is 5.88 Å². The smallest absolute Gasteiger partial charge is 0.226 e. The third-order valence-electron chi connectivity index (χ3n) is 3.21. The van der Waals surface area contributed by atoms with Crippen LogP contribution in [0.3, 0.4) is 0 Å². The molecule has 1 heterocycles. The fourth-order valence-electron chi connectivity index (χ4n) is 2.20. The van der Waals surface area contributed by atoms with Crippen molar-refractivity contribution in [3.63, 3.8) is 0 Å². The number of hydrogen-bond donors (Lipinski definition) is 1. The van der Waals surface area contributed by atoms with Crippen LogP contribution in [0.4, 0.5) is 0 Å². The van der Waals surface area contributed by atoms with Gasteiger partial charge < -0.3 is 9.94 Å². The molecule has 0 radical (unpaired) electrons. The molecular formula is C13H15NO2. The first-order chi connectivity index (χ1) is 7.78. The van der Waals surface area contributed by atoms with E-state index >= 15 is 0 Å². The van der Waals surface area contributed by atoms with Gasteiger partial charge in [-0.15, -0.1) is 4.73 Å². The maximum atomic E-state index is 9.66. The Labute approximate surface area is 94.2 Å². The molecule has 1 aromatic heterocycles. The Morgan fingerprint density at radius 2 is 2.19 bits per heavy atom. The van der Waals surface area contributed by atoms with Crippen molar-refractivity contribution in [2.45, 2.75) is 19.3 Å². The molecule has 1 aromatic carbocycles. The molecule has 1 saturated carbocycles. The van der Waals surface area contributed by atoms with Crippen LogP contribution in [-0.2, 0) is 6.42 Å². The lowest BCUT2D eigenvalue weighted by Gasteiger charge is -2.04. The Morgan fingerprint density at radius 3 is 2.88 bits per heavy atom. The van der Waals surface area contributed by atoms with Crippen molar-refractivity contribution in [2.75, 3.05) is 7.11 Å². The summed E-state index contributed by atoms with van der Waals surface area (Å²) in [5.41, 5.74) is 2.27. The molecule has 0 aliphatic heterocycles. The van der Waals surface area contributed by atoms with Crippen molar-refractivity contribution < 1.29 is 9.94 Å². The topological polar surface area (TPSA) is 34.4 Å². The first-order valence-electron chi connectivity index (χ1n) is 5.66. The van der Waals surface area contributed by atoms with Crippen LogP contribution in [0.25, 0.3) is 10.9 Å². The van der Waals surface area contributed by atoms with Crippen molar-refractivity contribution in [2.24, 2.45) is 5.92 Å². The Bertz CT molecular complexity index is 526. The van der Waals surface area contributed by atoms with Crippen LogP contribution in [0, 0.1) is 5.92 Å². The van der Waals surface area contributed by atoms with Crippen LogP contribution in [0.15, 0.2) is 24.3 Å². The third kappa shape index (κ3) is 1.52. The summed E-state index contributed by atoms with van der Waals surface area (Å²) in [7, 11) is 1.55. The minimum Gasteiger partial charge on any atom is -0.492 e. The number of benzene rings is 1. The highest BCUT2D eigenvalue weighted by Gasteiger charge is 2.21. The second kappa shape index (κ2) is 3.44. The van der Waals surface area contributed by atoms with Crippen LogP contribution in [0.1, 0.15) is 18.4 Å². The normalized spacial score (nSPS) is 15.6. The van der Waals surface area contributed by atoms with Gasteiger partial charge in [0.1, 0.15) is 7.11 Å². The zero-order chi connectivity index (χ0) is 11.1. The highest BCUT2D eigenvalue weighted by atomic mass is 16.7. The Balaban J connectivity index is 2.03. The number of nitrogens with zero attached hydrogens (tertiary/aromatic N) is 1. The zero-order valence-corrected chi connectivity index (χ0v) is 9.31. The maximum absolute atomic E-state index is 9.66. The number of rotatable bonds is 3. The van der Waals surface area contributed by atoms with Gasteiger partial charge in [-0.3, -0.25) is 0 Å². The van der Waals surface area contributed by atoms with Crippen molar-refractivity contribution >= 4 is 10.9 Å². The molecule has 84 valence electrons. The third-order valence-corrected chi connectivity index (χ3v) is 3.21. The van der Waals surface area contributed by atoms with Crippen LogP contribution in [0.2, 0.25) is 0 Å². The van der Waals surface area contributed by atoms with Gasteiger partial charge in [-0.05, 0) is 42.9 Å². The largest absolute Gasteiger partial charge is 0.492 e. The molecular weight excluding hydrogens is 202 g/mol. The molecule has 1 fully saturated rings. The quantitative estimate of drug-likeness (QED) is 0.856. The van der Waals surface area contributed by atoms with Gasteiger partial charge in [-0.1, -0.05) is 6.07 Å². The van der Waals surface area contributed by atoms with E-state index in [1.165, 1.54) is 23.1 Å². The van der Waals surface area contributed by atoms with Gasteiger partial charge in [0.2, 0.25) is 5.88 Å². The van der Waals surface area contributed by atoms with Crippen LogP contribution < -0.4 is 4.84 Å². The molecule has 1 N–H and O–H groups in total. The zero-order valence-electron chi connectivity index (χ0n) is 9.31. The van der Waals surface area contributed by atoms with Crippen molar-refractivity contribution in [3.8, 4) is 5.88 Å². The Morgan fingerprint density at radius 1 is 1.38 bits per heavy atom. The number of hydrogen-bond acceptors (Lipinski definition) is 2. The van der Waals surface area contributed by atoms with E-state index < -0.39 is 0 Å². The summed E-state index contributed by atoms with van der Waals surface area (Å²) in [4.78, 5) is 5.10. The summed E-state index contributed by atoms with van der Waals surface area (Å²) in [6, 6.07) is 8.02. The molecule has 0 saturated heterocycles. The second-order valence-corrected chi connectivity index (χ2v) is 4.52. The van der Waals surface area contributed by atoms with E-state index in [9.17, 15) is 5.11 Å². The second-order valence-electron chi connectivity index (χ2n) is 4.52. The molecule has 3 rings (SSSR count). The highest BCUT2D eigenvalue weighted by Crippen LogP contribution is 2.33. The van der Waals surface area contributed by atoms with Crippen molar-refractivity contribution in [1.29, 1.82) is 0 Å². The summed E-state index contributed by atoms with van der Waals surface area (Å²) < 4.78 is 1.44. The average molecular weight is 217 g/mol. The lowest BCUT2D eigenvalue weighted by atomic mass is 10.1. The molecule has 3 nitrogen and oxygen atoms in total. The summed E-state index contributed by atoms with van der Waals surface area (Å²) in [6.45, 7) is 0. The molecule has 1 aliphatic rings. The predicted octanol–water partition coefficient (Wildman–Crippen LogP) is 2.36. The lowest BCUT2D eigenvalue weighted by molar-refractivity contribution is 0.152. The number of fused-ring (bicyclic) bond motifs is 1. The van der Waals surface area contributed by atoms with Crippen molar-refractivity contribution in [3.05, 3.63) is 29.8 Å². The Kier molecular flexibility index (Phi) is 2.06. The van der Waals surface area contributed by atoms with E-state index in [1.807, 2.05) is 6.07 Å². The van der Waals surface area contributed by atoms with E-state index in [4.69, 9.17) is 4.84 Å². The van der Waals surface area contributed by atoms with Crippen LogP contribution >= 0.6 is 0 Å². The van der Waals surface area contributed by atoms with Gasteiger partial charge in [-0.25, -0.2) is 0 Å². The molecule has 0 unspecified atom stereocenters. The first-order valence-corrected chi connectivity index (χ1v) is 5.66. The molecule has 0 amide bonds. The molecule has 1 aliphatic carbocycles. The predicted molar refractivity (Wildman–Crippen MR) is 62.5 cm³/mol. The molecule has 0 spiro atoms. The molecule has 0 atom stereocenters. The minimum atomic E-state index is 0.154. The summed E-state index contributed by atoms with van der Waals surface area (Å²) >= 11 is 0. The van der Waals surface area contributed by atoms with Gasteiger partial charge in [0.15, 0.2) is 0 Å². The number of aromatic hydroxyl groups is 1. The van der Waals surface area contributed by atoms with Crippen LogP contribution in [-0.4, -0.2) is 16.9 Å². The molecule has 0 bridgehead atoms. The van der Waals surface area contributed by atoms with E-state index in [2.05, 4.69) is 12.1 Å². The summed E-state index contributed by atoms with van der Waals surface area (Å²) in [6.07, 6.45) is 3.89. The molecule has 16 heavy (non-hydrogen) atoms. The van der Waals surface area contributed by atoms with Gasteiger partial charge in [0.05, 0.1) is 5.52 Å². The van der Waals surface area contributed by atoms with Crippen molar-refractivity contribution in [1.82, 2.24) is 4.73 Å². The van der Waals surface area contributed by atoms with E-state index in [0.717, 1.165) is 23.2 Å². The first kappa shape index (κ1) is 9.58. The fourth-order valence-corrected chi connectivity index (χ4v) is 2.20. The van der Waals surface area contributed by atoms with Gasteiger partial charge in [0, 0.05) is 11.5 Å². The molecule has 3 heteroatoms. The van der Waals surface area contributed by atoms with E-state index in [1.54, 1.807) is 13.2 Å².